The average Bonchev–Trinajstić information content (AvgIpc) is 3.12. The zero-order valence-corrected chi connectivity index (χ0v) is 21.4. The fourth-order valence-corrected chi connectivity index (χ4v) is 5.29. The summed E-state index contributed by atoms with van der Waals surface area (Å²) in [5, 5.41) is 0. The summed E-state index contributed by atoms with van der Waals surface area (Å²) >= 11 is 0. The molecule has 2 saturated heterocycles. The maximum Gasteiger partial charge on any atom is 0.240 e. The minimum absolute atomic E-state index is 0.00277. The number of carbonyl (C=O) groups excluding carboxylic acids is 3. The molecule has 36 heavy (non-hydrogen) atoms. The van der Waals surface area contributed by atoms with E-state index in [0.717, 1.165) is 18.7 Å². The molecule has 2 aliphatic heterocycles. The Morgan fingerprint density at radius 3 is 2.61 bits per heavy atom. The van der Waals surface area contributed by atoms with E-state index in [4.69, 9.17) is 4.74 Å². The molecule has 3 amide bonds. The molecule has 1 aromatic carbocycles. The van der Waals surface area contributed by atoms with Gasteiger partial charge in [-0.25, -0.2) is 0 Å². The zero-order chi connectivity index (χ0) is 25.7. The number of hydrogen-bond acceptors (Lipinski definition) is 6. The van der Waals surface area contributed by atoms with E-state index in [0.29, 0.717) is 31.2 Å². The molecule has 2 atom stereocenters. The predicted molar refractivity (Wildman–Crippen MR) is 136 cm³/mol. The van der Waals surface area contributed by atoms with Crippen LogP contribution in [0.15, 0.2) is 54.9 Å². The Bertz CT molecular complexity index is 1060. The number of ether oxygens (including phenoxy) is 1. The highest BCUT2D eigenvalue weighted by Gasteiger charge is 2.54. The third-order valence-electron chi connectivity index (χ3n) is 7.33. The number of amides is 3. The summed E-state index contributed by atoms with van der Waals surface area (Å²) in [5.74, 6) is 0.350. The normalized spacial score (nSPS) is 22.9. The highest BCUT2D eigenvalue weighted by atomic mass is 16.5. The summed E-state index contributed by atoms with van der Waals surface area (Å²) in [6.45, 7) is 7.08. The van der Waals surface area contributed by atoms with E-state index < -0.39 is 5.41 Å². The first-order chi connectivity index (χ1) is 17.3. The standard InChI is InChI=1S/C28H36N4O4/c1-21(2)24-20-30(3)14-15-31(24)25(33)17-28(22-9-5-4-6-10-22)18-26(34)32(27(28)35)13-8-16-36-23-11-7-12-29-19-23/h4-7,9-12,19,21,24H,8,13-18,20H2,1-3H3/t24-,28-/m1/s1. The lowest BCUT2D eigenvalue weighted by atomic mass is 9.75. The predicted octanol–water partition coefficient (Wildman–Crippen LogP) is 2.74. The number of hydrogen-bond donors (Lipinski definition) is 0. The molecule has 0 saturated carbocycles. The van der Waals surface area contributed by atoms with Gasteiger partial charge in [-0.05, 0) is 37.1 Å². The lowest BCUT2D eigenvalue weighted by Crippen LogP contribution is -2.57. The van der Waals surface area contributed by atoms with Gasteiger partial charge >= 0.3 is 0 Å². The summed E-state index contributed by atoms with van der Waals surface area (Å²) in [7, 11) is 2.07. The van der Waals surface area contributed by atoms with Crippen LogP contribution in [-0.2, 0) is 19.8 Å². The van der Waals surface area contributed by atoms with Crippen molar-refractivity contribution in [3.8, 4) is 5.75 Å². The van der Waals surface area contributed by atoms with Gasteiger partial charge in [0.1, 0.15) is 5.75 Å². The van der Waals surface area contributed by atoms with Crippen LogP contribution in [0.5, 0.6) is 5.75 Å². The van der Waals surface area contributed by atoms with Gasteiger partial charge in [0.05, 0.1) is 18.2 Å². The van der Waals surface area contributed by atoms with Gasteiger partial charge in [-0.3, -0.25) is 24.3 Å². The molecular weight excluding hydrogens is 456 g/mol. The van der Waals surface area contributed by atoms with Gasteiger partial charge < -0.3 is 14.5 Å². The lowest BCUT2D eigenvalue weighted by molar-refractivity contribution is -0.145. The summed E-state index contributed by atoms with van der Waals surface area (Å²) in [4.78, 5) is 50.2. The Hall–Kier alpha value is -3.26. The van der Waals surface area contributed by atoms with Crippen molar-refractivity contribution in [2.75, 3.05) is 39.8 Å². The second-order valence-electron chi connectivity index (χ2n) is 10.2. The van der Waals surface area contributed by atoms with Crippen molar-refractivity contribution in [3.05, 3.63) is 60.4 Å². The van der Waals surface area contributed by atoms with Crippen LogP contribution >= 0.6 is 0 Å². The molecule has 192 valence electrons. The van der Waals surface area contributed by atoms with Gasteiger partial charge in [-0.2, -0.15) is 0 Å². The van der Waals surface area contributed by atoms with Crippen molar-refractivity contribution >= 4 is 17.7 Å². The van der Waals surface area contributed by atoms with Crippen LogP contribution in [0.4, 0.5) is 0 Å². The number of piperazine rings is 1. The molecule has 1 aromatic heterocycles. The number of carbonyl (C=O) groups is 3. The summed E-state index contributed by atoms with van der Waals surface area (Å²) in [6.07, 6.45) is 3.80. The molecule has 0 N–H and O–H groups in total. The Morgan fingerprint density at radius 1 is 1.14 bits per heavy atom. The topological polar surface area (TPSA) is 83.1 Å². The van der Waals surface area contributed by atoms with Gasteiger partial charge in [0.2, 0.25) is 17.7 Å². The van der Waals surface area contributed by atoms with Gasteiger partial charge in [0.25, 0.3) is 0 Å². The van der Waals surface area contributed by atoms with Crippen molar-refractivity contribution in [2.45, 2.75) is 44.6 Å². The van der Waals surface area contributed by atoms with E-state index in [1.54, 1.807) is 18.5 Å². The van der Waals surface area contributed by atoms with Crippen molar-refractivity contribution in [2.24, 2.45) is 5.92 Å². The van der Waals surface area contributed by atoms with E-state index in [1.807, 2.05) is 41.3 Å². The van der Waals surface area contributed by atoms with Crippen LogP contribution in [0, 0.1) is 5.92 Å². The SMILES string of the molecule is CC(C)[C@H]1CN(C)CCN1C(=O)C[C@]1(c2ccccc2)CC(=O)N(CCCOc2cccnc2)C1=O. The number of nitrogens with zero attached hydrogens (tertiary/aromatic N) is 4. The molecule has 8 heteroatoms. The fraction of sp³-hybridized carbons (Fsp3) is 0.500. The maximum atomic E-state index is 13.9. The monoisotopic (exact) mass is 492 g/mol. The highest BCUT2D eigenvalue weighted by Crippen LogP contribution is 2.40. The molecular formula is C28H36N4O4. The van der Waals surface area contributed by atoms with Crippen molar-refractivity contribution < 1.29 is 19.1 Å². The molecule has 8 nitrogen and oxygen atoms in total. The van der Waals surface area contributed by atoms with Gasteiger partial charge in [-0.15, -0.1) is 0 Å². The van der Waals surface area contributed by atoms with Crippen LogP contribution in [0.3, 0.4) is 0 Å². The fourth-order valence-electron chi connectivity index (χ4n) is 5.29. The number of imide groups is 1. The maximum absolute atomic E-state index is 13.9. The molecule has 0 aliphatic carbocycles. The number of rotatable bonds is 9. The largest absolute Gasteiger partial charge is 0.492 e. The number of aromatic nitrogens is 1. The number of likely N-dealkylation sites (N-methyl/N-ethyl adjacent to an activating group) is 1. The van der Waals surface area contributed by atoms with Crippen molar-refractivity contribution in [1.82, 2.24) is 19.7 Å². The number of pyridine rings is 1. The van der Waals surface area contributed by atoms with E-state index >= 15 is 0 Å². The van der Waals surface area contributed by atoms with E-state index in [1.165, 1.54) is 4.90 Å². The van der Waals surface area contributed by atoms with Gasteiger partial charge in [-0.1, -0.05) is 44.2 Å². The number of benzene rings is 1. The number of likely N-dealkylation sites (tertiary alicyclic amines) is 1. The van der Waals surface area contributed by atoms with E-state index in [-0.39, 0.29) is 43.1 Å². The smallest absolute Gasteiger partial charge is 0.240 e. The van der Waals surface area contributed by atoms with Crippen molar-refractivity contribution in [3.63, 3.8) is 0 Å². The minimum atomic E-state index is -1.18. The molecule has 0 unspecified atom stereocenters. The third-order valence-corrected chi connectivity index (χ3v) is 7.33. The first kappa shape index (κ1) is 25.8. The summed E-state index contributed by atoms with van der Waals surface area (Å²) in [5.41, 5.74) is -0.453. The third kappa shape index (κ3) is 5.43. The summed E-state index contributed by atoms with van der Waals surface area (Å²) in [6, 6.07) is 13.0. The van der Waals surface area contributed by atoms with Crippen LogP contribution in [-0.4, -0.2) is 83.3 Å². The molecule has 0 radical (unpaired) electrons. The molecule has 2 fully saturated rings. The minimum Gasteiger partial charge on any atom is -0.492 e. The van der Waals surface area contributed by atoms with Crippen LogP contribution in [0.25, 0.3) is 0 Å². The molecule has 2 aromatic rings. The van der Waals surface area contributed by atoms with Gasteiger partial charge in [0, 0.05) is 51.3 Å². The van der Waals surface area contributed by atoms with Crippen LogP contribution in [0.1, 0.15) is 38.7 Å². The average molecular weight is 493 g/mol. The Balaban J connectivity index is 1.51. The highest BCUT2D eigenvalue weighted by molar-refractivity contribution is 6.10. The van der Waals surface area contributed by atoms with E-state index in [9.17, 15) is 14.4 Å². The van der Waals surface area contributed by atoms with Crippen molar-refractivity contribution in [1.29, 1.82) is 0 Å². The van der Waals surface area contributed by atoms with Gasteiger partial charge in [0.15, 0.2) is 0 Å². The Kier molecular flexibility index (Phi) is 8.04. The molecule has 2 aliphatic rings. The van der Waals surface area contributed by atoms with Crippen LogP contribution in [0.2, 0.25) is 0 Å². The molecule has 3 heterocycles. The second-order valence-corrected chi connectivity index (χ2v) is 10.2. The van der Waals surface area contributed by atoms with Crippen LogP contribution < -0.4 is 4.74 Å². The Morgan fingerprint density at radius 2 is 1.92 bits per heavy atom. The molecule has 0 bridgehead atoms. The first-order valence-corrected chi connectivity index (χ1v) is 12.7. The van der Waals surface area contributed by atoms with E-state index in [2.05, 4.69) is 30.8 Å². The first-order valence-electron chi connectivity index (χ1n) is 12.7. The summed E-state index contributed by atoms with van der Waals surface area (Å²) < 4.78 is 5.68. The second kappa shape index (κ2) is 11.2. The molecule has 4 rings (SSSR count). The zero-order valence-electron chi connectivity index (χ0n) is 21.4. The Labute approximate surface area is 213 Å². The lowest BCUT2D eigenvalue weighted by Gasteiger charge is -2.43. The molecule has 0 spiro atoms. The quantitative estimate of drug-likeness (QED) is 0.395.